The molecule has 1 aliphatic rings. The number of aromatic amines is 1. The average molecular weight is 229 g/mol. The number of nitrogens with one attached hydrogen (secondary N) is 1. The zero-order valence-electron chi connectivity index (χ0n) is 8.49. The van der Waals surface area contributed by atoms with Gasteiger partial charge in [0.15, 0.2) is 3.95 Å². The highest BCUT2D eigenvalue weighted by molar-refractivity contribution is 7.73. The number of rotatable bonds is 1. The van der Waals surface area contributed by atoms with Crippen molar-refractivity contribution in [2.45, 2.75) is 32.7 Å². The second kappa shape index (κ2) is 3.98. The van der Waals surface area contributed by atoms with E-state index in [2.05, 4.69) is 28.9 Å². The van der Waals surface area contributed by atoms with Crippen LogP contribution in [0.1, 0.15) is 26.7 Å². The van der Waals surface area contributed by atoms with Crippen molar-refractivity contribution in [1.82, 2.24) is 10.2 Å². The van der Waals surface area contributed by atoms with Gasteiger partial charge in [0.2, 0.25) is 5.13 Å². The molecule has 1 aromatic heterocycles. The molecule has 14 heavy (non-hydrogen) atoms. The van der Waals surface area contributed by atoms with Gasteiger partial charge in [-0.25, -0.2) is 0 Å². The van der Waals surface area contributed by atoms with Crippen molar-refractivity contribution >= 4 is 28.7 Å². The van der Waals surface area contributed by atoms with Crippen LogP contribution >= 0.6 is 23.6 Å². The van der Waals surface area contributed by atoms with Crippen LogP contribution in [0.25, 0.3) is 0 Å². The molecule has 78 valence electrons. The zero-order valence-corrected chi connectivity index (χ0v) is 10.1. The number of hydrogen-bond donors (Lipinski definition) is 1. The second-order valence-corrected chi connectivity index (χ2v) is 5.71. The van der Waals surface area contributed by atoms with Crippen LogP contribution in [-0.2, 0) is 0 Å². The fourth-order valence-corrected chi connectivity index (χ4v) is 3.04. The Kier molecular flexibility index (Phi) is 2.88. The fraction of sp³-hybridized carbons (Fsp3) is 0.778. The molecule has 2 unspecified atom stereocenters. The van der Waals surface area contributed by atoms with Crippen molar-refractivity contribution in [3.8, 4) is 0 Å². The van der Waals surface area contributed by atoms with Gasteiger partial charge in [-0.3, -0.25) is 5.10 Å². The van der Waals surface area contributed by atoms with E-state index in [1.807, 2.05) is 0 Å². The Morgan fingerprint density at radius 3 is 2.93 bits per heavy atom. The minimum atomic E-state index is 0.590. The van der Waals surface area contributed by atoms with Crippen molar-refractivity contribution in [2.75, 3.05) is 11.4 Å². The lowest BCUT2D eigenvalue weighted by molar-refractivity contribution is 0.377. The van der Waals surface area contributed by atoms with Crippen LogP contribution in [0.3, 0.4) is 0 Å². The van der Waals surface area contributed by atoms with Gasteiger partial charge < -0.3 is 4.90 Å². The zero-order chi connectivity index (χ0) is 10.1. The normalized spacial score (nSPS) is 28.0. The fourth-order valence-electron chi connectivity index (χ4n) is 2.04. The van der Waals surface area contributed by atoms with E-state index in [4.69, 9.17) is 12.2 Å². The minimum Gasteiger partial charge on any atom is -0.344 e. The van der Waals surface area contributed by atoms with Crippen LogP contribution in [0.2, 0.25) is 0 Å². The molecule has 0 aromatic carbocycles. The van der Waals surface area contributed by atoms with Crippen LogP contribution in [0, 0.1) is 9.87 Å². The van der Waals surface area contributed by atoms with Gasteiger partial charge in [-0.15, -0.1) is 5.10 Å². The highest BCUT2D eigenvalue weighted by atomic mass is 32.1. The summed E-state index contributed by atoms with van der Waals surface area (Å²) < 4.78 is 0.769. The van der Waals surface area contributed by atoms with Crippen molar-refractivity contribution in [2.24, 2.45) is 5.92 Å². The van der Waals surface area contributed by atoms with E-state index in [-0.39, 0.29) is 0 Å². The van der Waals surface area contributed by atoms with Gasteiger partial charge in [-0.1, -0.05) is 18.3 Å². The third-order valence-electron chi connectivity index (χ3n) is 2.81. The molecule has 0 spiro atoms. The van der Waals surface area contributed by atoms with Crippen molar-refractivity contribution in [3.05, 3.63) is 3.95 Å². The smallest absolute Gasteiger partial charge is 0.207 e. The summed E-state index contributed by atoms with van der Waals surface area (Å²) in [7, 11) is 0. The first-order valence-corrected chi connectivity index (χ1v) is 6.21. The van der Waals surface area contributed by atoms with E-state index in [0.717, 1.165) is 21.5 Å². The maximum Gasteiger partial charge on any atom is 0.207 e. The van der Waals surface area contributed by atoms with E-state index < -0.39 is 0 Å². The van der Waals surface area contributed by atoms with Crippen LogP contribution in [0.15, 0.2) is 0 Å². The number of hydrogen-bond acceptors (Lipinski definition) is 4. The predicted octanol–water partition coefficient (Wildman–Crippen LogP) is 2.83. The second-order valence-electron chi connectivity index (χ2n) is 4.07. The van der Waals surface area contributed by atoms with Crippen LogP contribution in [-0.4, -0.2) is 22.8 Å². The molecule has 1 aliphatic heterocycles. The summed E-state index contributed by atoms with van der Waals surface area (Å²) in [5.74, 6) is 0.841. The van der Waals surface area contributed by atoms with Gasteiger partial charge in [0.25, 0.3) is 0 Å². The molecule has 0 saturated carbocycles. The van der Waals surface area contributed by atoms with Crippen LogP contribution in [0.5, 0.6) is 0 Å². The molecule has 2 heterocycles. The number of piperidine rings is 1. The Labute approximate surface area is 93.1 Å². The van der Waals surface area contributed by atoms with Gasteiger partial charge in [0.05, 0.1) is 0 Å². The topological polar surface area (TPSA) is 31.9 Å². The van der Waals surface area contributed by atoms with Crippen LogP contribution < -0.4 is 4.90 Å². The first kappa shape index (κ1) is 10.1. The number of aromatic nitrogens is 2. The van der Waals surface area contributed by atoms with Gasteiger partial charge in [0.1, 0.15) is 0 Å². The Bertz CT molecular complexity index is 357. The molecule has 5 heteroatoms. The van der Waals surface area contributed by atoms with E-state index in [1.165, 1.54) is 12.8 Å². The molecule has 1 N–H and O–H groups in total. The SMILES string of the molecule is CC1CCN(c2n[nH]c(=S)s2)C(C)C1. The lowest BCUT2D eigenvalue weighted by Gasteiger charge is -2.35. The monoisotopic (exact) mass is 229 g/mol. The molecule has 0 radical (unpaired) electrons. The Hall–Kier alpha value is -0.420. The largest absolute Gasteiger partial charge is 0.344 e. The highest BCUT2D eigenvalue weighted by Gasteiger charge is 2.24. The molecular formula is C9H15N3S2. The summed E-state index contributed by atoms with van der Waals surface area (Å²) in [6.07, 6.45) is 2.52. The maximum atomic E-state index is 5.04. The molecule has 3 nitrogen and oxygen atoms in total. The Morgan fingerprint density at radius 1 is 1.57 bits per heavy atom. The number of anilines is 1. The van der Waals surface area contributed by atoms with E-state index in [9.17, 15) is 0 Å². The molecule has 1 fully saturated rings. The van der Waals surface area contributed by atoms with Gasteiger partial charge >= 0.3 is 0 Å². The quantitative estimate of drug-likeness (QED) is 0.751. The third kappa shape index (κ3) is 1.98. The van der Waals surface area contributed by atoms with Gasteiger partial charge in [0, 0.05) is 12.6 Å². The lowest BCUT2D eigenvalue weighted by atomic mass is 9.94. The Balaban J connectivity index is 2.15. The summed E-state index contributed by atoms with van der Waals surface area (Å²) in [5.41, 5.74) is 0. The van der Waals surface area contributed by atoms with Crippen molar-refractivity contribution in [3.63, 3.8) is 0 Å². The van der Waals surface area contributed by atoms with E-state index >= 15 is 0 Å². The molecule has 0 aliphatic carbocycles. The van der Waals surface area contributed by atoms with E-state index in [1.54, 1.807) is 11.3 Å². The van der Waals surface area contributed by atoms with Crippen LogP contribution in [0.4, 0.5) is 5.13 Å². The molecule has 2 rings (SSSR count). The average Bonchev–Trinajstić information content (AvgIpc) is 2.51. The molecule has 1 aromatic rings. The maximum absolute atomic E-state index is 5.04. The summed E-state index contributed by atoms with van der Waals surface area (Å²) in [4.78, 5) is 2.36. The third-order valence-corrected chi connectivity index (χ3v) is 3.94. The predicted molar refractivity (Wildman–Crippen MR) is 62.5 cm³/mol. The molecule has 0 bridgehead atoms. The van der Waals surface area contributed by atoms with Gasteiger partial charge in [-0.2, -0.15) is 0 Å². The number of H-pyrrole nitrogens is 1. The van der Waals surface area contributed by atoms with E-state index in [0.29, 0.717) is 6.04 Å². The Morgan fingerprint density at radius 2 is 2.36 bits per heavy atom. The number of nitrogens with zero attached hydrogens (tertiary/aromatic N) is 2. The highest BCUT2D eigenvalue weighted by Crippen LogP contribution is 2.28. The summed E-state index contributed by atoms with van der Waals surface area (Å²) in [6.45, 7) is 5.69. The van der Waals surface area contributed by atoms with Gasteiger partial charge in [-0.05, 0) is 37.9 Å². The first-order valence-electron chi connectivity index (χ1n) is 4.99. The molecule has 0 amide bonds. The van der Waals surface area contributed by atoms with Crippen molar-refractivity contribution in [1.29, 1.82) is 0 Å². The summed E-state index contributed by atoms with van der Waals surface area (Å²) in [6, 6.07) is 0.590. The standard InChI is InChI=1S/C9H15N3S2/c1-6-3-4-12(7(2)5-6)8-10-11-9(13)14-8/h6-7H,3-5H2,1-2H3,(H,11,13). The molecule has 2 atom stereocenters. The van der Waals surface area contributed by atoms with Crippen molar-refractivity contribution < 1.29 is 0 Å². The molecular weight excluding hydrogens is 214 g/mol. The first-order chi connectivity index (χ1) is 6.66. The summed E-state index contributed by atoms with van der Waals surface area (Å²) in [5, 5.41) is 8.12. The lowest BCUT2D eigenvalue weighted by Crippen LogP contribution is -2.40. The summed E-state index contributed by atoms with van der Waals surface area (Å²) >= 11 is 6.61. The minimum absolute atomic E-state index is 0.590. The molecule has 1 saturated heterocycles.